The van der Waals surface area contributed by atoms with Crippen LogP contribution in [-0.2, 0) is 4.79 Å². The van der Waals surface area contributed by atoms with Gasteiger partial charge in [0.15, 0.2) is 17.2 Å². The molecule has 0 unspecified atom stereocenters. The molecule has 0 aromatic carbocycles. The molecule has 1 amide bonds. The molecule has 1 fully saturated rings. The predicted molar refractivity (Wildman–Crippen MR) is 79.3 cm³/mol. The maximum atomic E-state index is 12.5. The molecule has 0 aliphatic carbocycles. The number of H-pyrrole nitrogens is 1. The topological polar surface area (TPSA) is 79.0 Å². The summed E-state index contributed by atoms with van der Waals surface area (Å²) in [6.45, 7) is 6.27. The van der Waals surface area contributed by atoms with Crippen LogP contribution in [0.2, 0.25) is 0 Å². The summed E-state index contributed by atoms with van der Waals surface area (Å²) >= 11 is 0. The normalized spacial score (nSPS) is 16.0. The van der Waals surface area contributed by atoms with Crippen molar-refractivity contribution in [2.24, 2.45) is 5.41 Å². The van der Waals surface area contributed by atoms with Gasteiger partial charge >= 0.3 is 0 Å². The Bertz CT molecular complexity index is 727. The first-order chi connectivity index (χ1) is 9.88. The van der Waals surface area contributed by atoms with E-state index in [1.54, 1.807) is 17.3 Å². The molecule has 0 atom stereocenters. The maximum Gasteiger partial charge on any atom is 0.228 e. The number of carbonyl (C=O) groups is 2. The Morgan fingerprint density at radius 1 is 1.38 bits per heavy atom. The van der Waals surface area contributed by atoms with Crippen molar-refractivity contribution in [3.05, 3.63) is 18.0 Å². The van der Waals surface area contributed by atoms with Crippen LogP contribution in [0.3, 0.4) is 0 Å². The maximum absolute atomic E-state index is 12.5. The highest BCUT2D eigenvalue weighted by molar-refractivity contribution is 6.08. The molecule has 1 N–H and O–H groups in total. The summed E-state index contributed by atoms with van der Waals surface area (Å²) in [5.74, 6) is 0.586. The summed E-state index contributed by atoms with van der Waals surface area (Å²) in [6.07, 6.45) is 4.60. The molecule has 0 spiro atoms. The average molecular weight is 286 g/mol. The molecule has 0 bridgehead atoms. The number of nitrogens with zero attached hydrogens (tertiary/aromatic N) is 3. The number of rotatable bonds is 2. The smallest absolute Gasteiger partial charge is 0.228 e. The monoisotopic (exact) mass is 286 g/mol. The highest BCUT2D eigenvalue weighted by Gasteiger charge is 2.28. The number of anilines is 1. The van der Waals surface area contributed by atoms with Crippen LogP contribution in [0.15, 0.2) is 12.4 Å². The van der Waals surface area contributed by atoms with Gasteiger partial charge in [-0.2, -0.15) is 0 Å². The van der Waals surface area contributed by atoms with E-state index in [0.29, 0.717) is 35.5 Å². The van der Waals surface area contributed by atoms with Crippen molar-refractivity contribution in [1.82, 2.24) is 15.0 Å². The zero-order valence-electron chi connectivity index (χ0n) is 12.4. The van der Waals surface area contributed by atoms with Gasteiger partial charge in [-0.1, -0.05) is 20.8 Å². The van der Waals surface area contributed by atoms with Crippen LogP contribution >= 0.6 is 0 Å². The number of carbonyl (C=O) groups excluding carboxylic acids is 2. The van der Waals surface area contributed by atoms with Gasteiger partial charge in [0, 0.05) is 24.6 Å². The Balaban J connectivity index is 2.08. The minimum Gasteiger partial charge on any atom is -0.344 e. The van der Waals surface area contributed by atoms with E-state index in [-0.39, 0.29) is 11.7 Å². The minimum atomic E-state index is -0.490. The standard InChI is InChI=1S/C15H18N4O2/c1-15(2,3)13(21)9-7-16-14-12(9)18-10(8-17-14)19-6-4-5-11(19)20/h7-8H,4-6H2,1-3H3,(H,16,17). The van der Waals surface area contributed by atoms with Crippen molar-refractivity contribution in [3.63, 3.8) is 0 Å². The Hall–Kier alpha value is -2.24. The van der Waals surface area contributed by atoms with Gasteiger partial charge in [-0.3, -0.25) is 14.5 Å². The van der Waals surface area contributed by atoms with Crippen LogP contribution in [0.4, 0.5) is 5.82 Å². The number of hydrogen-bond donors (Lipinski definition) is 1. The molecule has 2 aromatic heterocycles. The van der Waals surface area contributed by atoms with Crippen molar-refractivity contribution in [3.8, 4) is 0 Å². The summed E-state index contributed by atoms with van der Waals surface area (Å²) in [5.41, 5.74) is 1.14. The van der Waals surface area contributed by atoms with Crippen molar-refractivity contribution in [2.75, 3.05) is 11.4 Å². The number of aromatic nitrogens is 3. The second kappa shape index (κ2) is 4.65. The van der Waals surface area contributed by atoms with Gasteiger partial charge in [0.25, 0.3) is 0 Å². The van der Waals surface area contributed by atoms with Crippen LogP contribution in [-0.4, -0.2) is 33.2 Å². The fraction of sp³-hybridized carbons (Fsp3) is 0.467. The highest BCUT2D eigenvalue weighted by Crippen LogP contribution is 2.27. The van der Waals surface area contributed by atoms with E-state index in [1.165, 1.54) is 0 Å². The molecular formula is C15H18N4O2. The average Bonchev–Trinajstić information content (AvgIpc) is 3.02. The molecule has 1 aliphatic heterocycles. The van der Waals surface area contributed by atoms with Crippen molar-refractivity contribution in [1.29, 1.82) is 0 Å². The summed E-state index contributed by atoms with van der Waals surface area (Å²) in [7, 11) is 0. The molecular weight excluding hydrogens is 268 g/mol. The first kappa shape index (κ1) is 13.7. The van der Waals surface area contributed by atoms with Crippen molar-refractivity contribution in [2.45, 2.75) is 33.6 Å². The van der Waals surface area contributed by atoms with E-state index >= 15 is 0 Å². The molecule has 110 valence electrons. The third kappa shape index (κ3) is 2.30. The summed E-state index contributed by atoms with van der Waals surface area (Å²) < 4.78 is 0. The number of nitrogens with one attached hydrogen (secondary N) is 1. The Morgan fingerprint density at radius 3 is 2.76 bits per heavy atom. The van der Waals surface area contributed by atoms with Gasteiger partial charge in [0.1, 0.15) is 5.52 Å². The van der Waals surface area contributed by atoms with Gasteiger partial charge in [0.05, 0.1) is 11.8 Å². The summed E-state index contributed by atoms with van der Waals surface area (Å²) in [5, 5.41) is 0. The van der Waals surface area contributed by atoms with Crippen LogP contribution < -0.4 is 4.90 Å². The van der Waals surface area contributed by atoms with Crippen LogP contribution in [0, 0.1) is 5.41 Å². The lowest BCUT2D eigenvalue weighted by Gasteiger charge is -2.16. The summed E-state index contributed by atoms with van der Waals surface area (Å²) in [6, 6.07) is 0. The van der Waals surface area contributed by atoms with Crippen molar-refractivity contribution < 1.29 is 9.59 Å². The molecule has 1 saturated heterocycles. The molecule has 3 rings (SSSR count). The number of fused-ring (bicyclic) bond motifs is 1. The lowest BCUT2D eigenvalue weighted by molar-refractivity contribution is -0.117. The lowest BCUT2D eigenvalue weighted by atomic mass is 9.87. The molecule has 0 radical (unpaired) electrons. The van der Waals surface area contributed by atoms with Gasteiger partial charge < -0.3 is 4.98 Å². The Labute approximate surface area is 122 Å². The lowest BCUT2D eigenvalue weighted by Crippen LogP contribution is -2.25. The third-order valence-electron chi connectivity index (χ3n) is 3.64. The van der Waals surface area contributed by atoms with Gasteiger partial charge in [-0.25, -0.2) is 9.97 Å². The zero-order chi connectivity index (χ0) is 15.2. The van der Waals surface area contributed by atoms with Gasteiger partial charge in [0.2, 0.25) is 5.91 Å². The number of hydrogen-bond acceptors (Lipinski definition) is 4. The summed E-state index contributed by atoms with van der Waals surface area (Å²) in [4.78, 5) is 37.7. The quantitative estimate of drug-likeness (QED) is 0.859. The fourth-order valence-corrected chi connectivity index (χ4v) is 2.48. The van der Waals surface area contributed by atoms with Crippen LogP contribution in [0.25, 0.3) is 11.2 Å². The number of aromatic amines is 1. The second-order valence-electron chi connectivity index (χ2n) is 6.36. The number of amides is 1. The van der Waals surface area contributed by atoms with Crippen molar-refractivity contribution >= 4 is 28.7 Å². The molecule has 6 heteroatoms. The largest absolute Gasteiger partial charge is 0.344 e. The molecule has 0 saturated carbocycles. The molecule has 1 aliphatic rings. The zero-order valence-corrected chi connectivity index (χ0v) is 12.4. The highest BCUT2D eigenvalue weighted by atomic mass is 16.2. The predicted octanol–water partition coefficient (Wildman–Crippen LogP) is 2.31. The number of ketones is 1. The van der Waals surface area contributed by atoms with E-state index in [0.717, 1.165) is 6.42 Å². The van der Waals surface area contributed by atoms with E-state index in [9.17, 15) is 9.59 Å². The molecule has 3 heterocycles. The van der Waals surface area contributed by atoms with Gasteiger partial charge in [-0.15, -0.1) is 0 Å². The first-order valence-electron chi connectivity index (χ1n) is 7.07. The van der Waals surface area contributed by atoms with E-state index in [1.807, 2.05) is 20.8 Å². The first-order valence-corrected chi connectivity index (χ1v) is 7.07. The van der Waals surface area contributed by atoms with E-state index < -0.39 is 5.41 Å². The van der Waals surface area contributed by atoms with E-state index in [4.69, 9.17) is 0 Å². The Kier molecular flexibility index (Phi) is 3.04. The number of Topliss-reactive ketones (excluding diaryl/α,β-unsaturated/α-hetero) is 1. The van der Waals surface area contributed by atoms with E-state index in [2.05, 4.69) is 15.0 Å². The fourth-order valence-electron chi connectivity index (χ4n) is 2.48. The third-order valence-corrected chi connectivity index (χ3v) is 3.64. The van der Waals surface area contributed by atoms with Crippen LogP contribution in [0.5, 0.6) is 0 Å². The molecule has 6 nitrogen and oxygen atoms in total. The molecule has 2 aromatic rings. The minimum absolute atomic E-state index is 0.00736. The van der Waals surface area contributed by atoms with Gasteiger partial charge in [-0.05, 0) is 6.42 Å². The Morgan fingerprint density at radius 2 is 2.14 bits per heavy atom. The SMILES string of the molecule is CC(C)(C)C(=O)c1c[nH]c2ncc(N3CCCC3=O)nc12. The second-order valence-corrected chi connectivity index (χ2v) is 6.36. The molecule has 21 heavy (non-hydrogen) atoms. The van der Waals surface area contributed by atoms with Crippen LogP contribution in [0.1, 0.15) is 44.0 Å².